The number of benzene rings is 2. The van der Waals surface area contributed by atoms with Gasteiger partial charge < -0.3 is 16.0 Å². The Hall–Kier alpha value is -2.92. The molecule has 2 aromatic carbocycles. The van der Waals surface area contributed by atoms with E-state index in [-0.39, 0.29) is 17.9 Å². The molecule has 4 rings (SSSR count). The van der Waals surface area contributed by atoms with Gasteiger partial charge in [-0.25, -0.2) is 4.98 Å². The van der Waals surface area contributed by atoms with Crippen molar-refractivity contribution in [2.45, 2.75) is 38.1 Å². The number of imidazole rings is 1. The average Bonchev–Trinajstić information content (AvgIpc) is 3.30. The summed E-state index contributed by atoms with van der Waals surface area (Å²) < 4.78 is 0. The van der Waals surface area contributed by atoms with E-state index in [2.05, 4.69) is 39.6 Å². The lowest BCUT2D eigenvalue weighted by Gasteiger charge is -2.28. The second-order valence-electron chi connectivity index (χ2n) is 8.25. The van der Waals surface area contributed by atoms with Gasteiger partial charge in [0.25, 0.3) is 0 Å². The van der Waals surface area contributed by atoms with E-state index < -0.39 is 0 Å². The molecule has 1 heterocycles. The minimum Gasteiger partial charge on any atom is -0.346 e. The molecule has 0 radical (unpaired) electrons. The zero-order valence-corrected chi connectivity index (χ0v) is 17.3. The van der Waals surface area contributed by atoms with Crippen LogP contribution >= 0.6 is 0 Å². The summed E-state index contributed by atoms with van der Waals surface area (Å²) in [5, 5.41) is 3.29. The topological polar surface area (TPSA) is 83.8 Å². The van der Waals surface area contributed by atoms with Crippen LogP contribution in [-0.4, -0.2) is 22.4 Å². The minimum atomic E-state index is -0.190. The fourth-order valence-corrected chi connectivity index (χ4v) is 4.29. The Morgan fingerprint density at radius 2 is 1.70 bits per heavy atom. The van der Waals surface area contributed by atoms with E-state index in [9.17, 15) is 4.79 Å². The molecule has 1 saturated carbocycles. The molecule has 5 nitrogen and oxygen atoms in total. The Labute approximate surface area is 178 Å². The summed E-state index contributed by atoms with van der Waals surface area (Å²) in [6, 6.07) is 20.2. The standard InChI is InChI=1S/C25H30N4O/c26-16-19-11-13-21(14-12-19)25(30)29-22(15-18-7-3-1-4-8-18)24-27-17-23(28-24)20-9-5-2-6-10-20/h1-10,17,19,21-22H,11-16,26H2,(H,27,28)(H,29,30). The molecule has 156 valence electrons. The van der Waals surface area contributed by atoms with Crippen molar-refractivity contribution in [2.24, 2.45) is 17.6 Å². The third kappa shape index (κ3) is 4.97. The molecule has 30 heavy (non-hydrogen) atoms. The second kappa shape index (κ2) is 9.72. The number of nitrogens with two attached hydrogens (primary N) is 1. The first-order chi connectivity index (χ1) is 14.7. The normalized spacial score (nSPS) is 19.9. The van der Waals surface area contributed by atoms with Crippen molar-refractivity contribution in [1.82, 2.24) is 15.3 Å². The van der Waals surface area contributed by atoms with Gasteiger partial charge in [-0.2, -0.15) is 0 Å². The molecular formula is C25H30N4O. The molecule has 4 N–H and O–H groups in total. The van der Waals surface area contributed by atoms with Crippen LogP contribution in [0.15, 0.2) is 66.9 Å². The van der Waals surface area contributed by atoms with Crippen molar-refractivity contribution in [2.75, 3.05) is 6.54 Å². The quantitative estimate of drug-likeness (QED) is 0.553. The molecule has 1 aromatic heterocycles. The molecule has 1 aliphatic rings. The number of aromatic nitrogens is 2. The van der Waals surface area contributed by atoms with Gasteiger partial charge in [-0.15, -0.1) is 0 Å². The Balaban J connectivity index is 1.51. The lowest BCUT2D eigenvalue weighted by molar-refractivity contribution is -0.127. The van der Waals surface area contributed by atoms with E-state index in [0.29, 0.717) is 12.3 Å². The van der Waals surface area contributed by atoms with E-state index in [1.54, 1.807) is 0 Å². The minimum absolute atomic E-state index is 0.0645. The van der Waals surface area contributed by atoms with Gasteiger partial charge in [0.05, 0.1) is 17.9 Å². The van der Waals surface area contributed by atoms with Gasteiger partial charge in [0, 0.05) is 5.92 Å². The van der Waals surface area contributed by atoms with Crippen LogP contribution in [0.5, 0.6) is 0 Å². The number of carbonyl (C=O) groups is 1. The van der Waals surface area contributed by atoms with Crippen LogP contribution < -0.4 is 11.1 Å². The van der Waals surface area contributed by atoms with Gasteiger partial charge in [-0.3, -0.25) is 4.79 Å². The number of aromatic amines is 1. The van der Waals surface area contributed by atoms with E-state index in [1.165, 1.54) is 5.56 Å². The Bertz CT molecular complexity index is 930. The van der Waals surface area contributed by atoms with Gasteiger partial charge in [0.15, 0.2) is 0 Å². The Kier molecular flexibility index (Phi) is 6.60. The largest absolute Gasteiger partial charge is 0.346 e. The zero-order chi connectivity index (χ0) is 20.8. The highest BCUT2D eigenvalue weighted by Gasteiger charge is 2.28. The monoisotopic (exact) mass is 402 g/mol. The van der Waals surface area contributed by atoms with Crippen LogP contribution in [0.1, 0.15) is 43.1 Å². The third-order valence-corrected chi connectivity index (χ3v) is 6.16. The van der Waals surface area contributed by atoms with Crippen LogP contribution in [0.3, 0.4) is 0 Å². The molecule has 1 fully saturated rings. The van der Waals surface area contributed by atoms with E-state index in [0.717, 1.165) is 49.3 Å². The molecule has 1 atom stereocenters. The molecule has 1 amide bonds. The highest BCUT2D eigenvalue weighted by Crippen LogP contribution is 2.29. The van der Waals surface area contributed by atoms with Gasteiger partial charge in [-0.1, -0.05) is 60.7 Å². The van der Waals surface area contributed by atoms with Crippen molar-refractivity contribution in [1.29, 1.82) is 0 Å². The van der Waals surface area contributed by atoms with Crippen molar-refractivity contribution >= 4 is 5.91 Å². The first-order valence-electron chi connectivity index (χ1n) is 10.9. The fourth-order valence-electron chi connectivity index (χ4n) is 4.29. The molecule has 3 aromatic rings. The zero-order valence-electron chi connectivity index (χ0n) is 17.3. The van der Waals surface area contributed by atoms with Gasteiger partial charge >= 0.3 is 0 Å². The summed E-state index contributed by atoms with van der Waals surface area (Å²) in [7, 11) is 0. The maximum Gasteiger partial charge on any atom is 0.223 e. The molecule has 0 bridgehead atoms. The summed E-state index contributed by atoms with van der Waals surface area (Å²) in [4.78, 5) is 21.1. The molecule has 1 unspecified atom stereocenters. The summed E-state index contributed by atoms with van der Waals surface area (Å²) >= 11 is 0. The van der Waals surface area contributed by atoms with Crippen molar-refractivity contribution in [3.8, 4) is 11.3 Å². The number of rotatable bonds is 7. The van der Waals surface area contributed by atoms with E-state index in [4.69, 9.17) is 5.73 Å². The summed E-state index contributed by atoms with van der Waals surface area (Å²) in [5.41, 5.74) is 9.02. The number of nitrogens with one attached hydrogen (secondary N) is 2. The van der Waals surface area contributed by atoms with Crippen molar-refractivity contribution in [3.05, 3.63) is 78.2 Å². The second-order valence-corrected chi connectivity index (χ2v) is 8.25. The van der Waals surface area contributed by atoms with Crippen LogP contribution in [0.4, 0.5) is 0 Å². The van der Waals surface area contributed by atoms with Crippen LogP contribution in [0.25, 0.3) is 11.3 Å². The van der Waals surface area contributed by atoms with Crippen LogP contribution in [-0.2, 0) is 11.2 Å². The maximum atomic E-state index is 13.1. The third-order valence-electron chi connectivity index (χ3n) is 6.16. The number of hydrogen-bond acceptors (Lipinski definition) is 3. The van der Waals surface area contributed by atoms with Crippen LogP contribution in [0.2, 0.25) is 0 Å². The Morgan fingerprint density at radius 1 is 1.03 bits per heavy atom. The predicted molar refractivity (Wildman–Crippen MR) is 120 cm³/mol. The SMILES string of the molecule is NCC1CCC(C(=O)NC(Cc2ccccc2)c2ncc(-c3ccccc3)[nH]2)CC1. The van der Waals surface area contributed by atoms with E-state index in [1.807, 2.05) is 42.6 Å². The highest BCUT2D eigenvalue weighted by atomic mass is 16.1. The number of H-pyrrole nitrogens is 1. The van der Waals surface area contributed by atoms with Gasteiger partial charge in [0.2, 0.25) is 5.91 Å². The van der Waals surface area contributed by atoms with Crippen LogP contribution in [0, 0.1) is 11.8 Å². The van der Waals surface area contributed by atoms with Crippen molar-refractivity contribution < 1.29 is 4.79 Å². The number of nitrogens with zero attached hydrogens (tertiary/aromatic N) is 1. The molecule has 0 spiro atoms. The first-order valence-corrected chi connectivity index (χ1v) is 10.9. The molecule has 1 aliphatic carbocycles. The number of hydrogen-bond donors (Lipinski definition) is 3. The summed E-state index contributed by atoms with van der Waals surface area (Å²) in [6.07, 6.45) is 6.46. The average molecular weight is 403 g/mol. The number of carbonyl (C=O) groups excluding carboxylic acids is 1. The molecule has 0 saturated heterocycles. The smallest absolute Gasteiger partial charge is 0.223 e. The summed E-state index contributed by atoms with van der Waals surface area (Å²) in [5.74, 6) is 1.55. The van der Waals surface area contributed by atoms with Crippen molar-refractivity contribution in [3.63, 3.8) is 0 Å². The molecule has 5 heteroatoms. The summed E-state index contributed by atoms with van der Waals surface area (Å²) in [6.45, 7) is 0.722. The lowest BCUT2D eigenvalue weighted by atomic mass is 9.81. The fraction of sp³-hybridized carbons (Fsp3) is 0.360. The maximum absolute atomic E-state index is 13.1. The first kappa shape index (κ1) is 20.4. The highest BCUT2D eigenvalue weighted by molar-refractivity contribution is 5.79. The molecular weight excluding hydrogens is 372 g/mol. The molecule has 0 aliphatic heterocycles. The van der Waals surface area contributed by atoms with Gasteiger partial charge in [-0.05, 0) is 55.7 Å². The van der Waals surface area contributed by atoms with E-state index >= 15 is 0 Å². The van der Waals surface area contributed by atoms with Gasteiger partial charge in [0.1, 0.15) is 5.82 Å². The Morgan fingerprint density at radius 3 is 2.37 bits per heavy atom. The number of amides is 1. The lowest BCUT2D eigenvalue weighted by Crippen LogP contribution is -2.37. The predicted octanol–water partition coefficient (Wildman–Crippen LogP) is 4.24.